The summed E-state index contributed by atoms with van der Waals surface area (Å²) in [6, 6.07) is 5.68. The van der Waals surface area contributed by atoms with Gasteiger partial charge in [0.15, 0.2) is 0 Å². The molecule has 0 aliphatic carbocycles. The molecule has 1 atom stereocenters. The molecule has 6 nitrogen and oxygen atoms in total. The van der Waals surface area contributed by atoms with E-state index in [1.807, 2.05) is 0 Å². The Morgan fingerprint density at radius 2 is 2.23 bits per heavy atom. The Morgan fingerprint density at radius 3 is 3.00 bits per heavy atom. The lowest BCUT2D eigenvalue weighted by Gasteiger charge is -2.31. The van der Waals surface area contributed by atoms with Gasteiger partial charge in [-0.1, -0.05) is 0 Å². The largest absolute Gasteiger partial charge is 0.465 e. The predicted molar refractivity (Wildman–Crippen MR) is 80.0 cm³/mol. The Balaban J connectivity index is 1.57. The van der Waals surface area contributed by atoms with Crippen LogP contribution in [0.15, 0.2) is 47.3 Å². The third-order valence-corrected chi connectivity index (χ3v) is 3.44. The second kappa shape index (κ2) is 6.89. The molecule has 0 aromatic carbocycles. The van der Waals surface area contributed by atoms with E-state index in [0.717, 1.165) is 19.4 Å². The number of carbonyl (C=O) groups is 1. The van der Waals surface area contributed by atoms with Gasteiger partial charge in [0.1, 0.15) is 11.9 Å². The smallest absolute Gasteiger partial charge is 0.316 e. The topological polar surface area (TPSA) is 68.5 Å². The van der Waals surface area contributed by atoms with Crippen LogP contribution in [0.5, 0.6) is 6.01 Å². The summed E-state index contributed by atoms with van der Waals surface area (Å²) in [5.41, 5.74) is 0. The molecule has 2 aromatic rings. The second-order valence-corrected chi connectivity index (χ2v) is 5.05. The molecule has 114 valence electrons. The Labute approximate surface area is 128 Å². The summed E-state index contributed by atoms with van der Waals surface area (Å²) in [4.78, 5) is 22.1. The van der Waals surface area contributed by atoms with Crippen LogP contribution in [-0.2, 0) is 4.79 Å². The van der Waals surface area contributed by atoms with Crippen LogP contribution in [0, 0.1) is 0 Å². The monoisotopic (exact) mass is 299 g/mol. The van der Waals surface area contributed by atoms with Crippen LogP contribution in [0.2, 0.25) is 0 Å². The van der Waals surface area contributed by atoms with Gasteiger partial charge in [0.05, 0.1) is 12.8 Å². The molecule has 1 unspecified atom stereocenters. The zero-order chi connectivity index (χ0) is 15.2. The highest BCUT2D eigenvalue weighted by Crippen LogP contribution is 2.15. The Bertz CT molecular complexity index is 625. The summed E-state index contributed by atoms with van der Waals surface area (Å²) < 4.78 is 10.9. The van der Waals surface area contributed by atoms with Crippen molar-refractivity contribution in [3.05, 3.63) is 48.7 Å². The molecule has 3 heterocycles. The molecule has 0 N–H and O–H groups in total. The number of hydrogen-bond acceptors (Lipinski definition) is 5. The van der Waals surface area contributed by atoms with Gasteiger partial charge in [0, 0.05) is 25.0 Å². The summed E-state index contributed by atoms with van der Waals surface area (Å²) in [5.74, 6) is 0.620. The number of aromatic nitrogens is 2. The molecule has 1 aliphatic rings. The van der Waals surface area contributed by atoms with Crippen LogP contribution < -0.4 is 4.74 Å². The number of rotatable bonds is 4. The molecular weight excluding hydrogens is 282 g/mol. The molecule has 2 aromatic heterocycles. The SMILES string of the molecule is O=C(C=Cc1ccco1)N1CCCC(Oc2ncccn2)C1. The number of hydrogen-bond donors (Lipinski definition) is 0. The minimum atomic E-state index is -0.0721. The number of ether oxygens (including phenoxy) is 1. The van der Waals surface area contributed by atoms with E-state index in [2.05, 4.69) is 9.97 Å². The Kier molecular flexibility index (Phi) is 4.48. The average molecular weight is 299 g/mol. The zero-order valence-electron chi connectivity index (χ0n) is 12.1. The molecule has 0 spiro atoms. The van der Waals surface area contributed by atoms with Crippen molar-refractivity contribution in [3.63, 3.8) is 0 Å². The van der Waals surface area contributed by atoms with Crippen molar-refractivity contribution < 1.29 is 13.9 Å². The van der Waals surface area contributed by atoms with Crippen molar-refractivity contribution in [3.8, 4) is 6.01 Å². The van der Waals surface area contributed by atoms with Gasteiger partial charge in [-0.3, -0.25) is 4.79 Å². The highest BCUT2D eigenvalue weighted by atomic mass is 16.5. The minimum Gasteiger partial charge on any atom is -0.465 e. The van der Waals surface area contributed by atoms with Gasteiger partial charge in [0.2, 0.25) is 5.91 Å². The maximum absolute atomic E-state index is 12.2. The number of nitrogens with zero attached hydrogens (tertiary/aromatic N) is 3. The first-order chi connectivity index (χ1) is 10.8. The lowest BCUT2D eigenvalue weighted by atomic mass is 10.1. The van der Waals surface area contributed by atoms with Crippen molar-refractivity contribution in [1.29, 1.82) is 0 Å². The van der Waals surface area contributed by atoms with Gasteiger partial charge in [0.25, 0.3) is 0 Å². The third kappa shape index (κ3) is 3.72. The van der Waals surface area contributed by atoms with E-state index in [0.29, 0.717) is 18.3 Å². The fraction of sp³-hybridized carbons (Fsp3) is 0.312. The summed E-state index contributed by atoms with van der Waals surface area (Å²) in [6.45, 7) is 1.27. The second-order valence-electron chi connectivity index (χ2n) is 5.05. The molecule has 6 heteroatoms. The van der Waals surface area contributed by atoms with Crippen molar-refractivity contribution >= 4 is 12.0 Å². The van der Waals surface area contributed by atoms with Gasteiger partial charge in [-0.05, 0) is 37.1 Å². The average Bonchev–Trinajstić information content (AvgIpc) is 3.07. The van der Waals surface area contributed by atoms with E-state index in [-0.39, 0.29) is 12.0 Å². The normalized spacial score (nSPS) is 18.5. The molecule has 0 saturated carbocycles. The first kappa shape index (κ1) is 14.3. The van der Waals surface area contributed by atoms with Gasteiger partial charge >= 0.3 is 6.01 Å². The van der Waals surface area contributed by atoms with E-state index in [4.69, 9.17) is 9.15 Å². The highest BCUT2D eigenvalue weighted by Gasteiger charge is 2.24. The van der Waals surface area contributed by atoms with E-state index >= 15 is 0 Å². The van der Waals surface area contributed by atoms with Crippen molar-refractivity contribution in [2.24, 2.45) is 0 Å². The minimum absolute atomic E-state index is 0.0429. The van der Waals surface area contributed by atoms with E-state index in [9.17, 15) is 4.79 Å². The van der Waals surface area contributed by atoms with Crippen LogP contribution in [0.1, 0.15) is 18.6 Å². The Hall–Kier alpha value is -2.63. The standard InChI is InChI=1S/C16H17N3O3/c20-15(7-6-13-5-2-11-21-13)19-10-1-4-14(12-19)22-16-17-8-3-9-18-16/h2-3,5-9,11,14H,1,4,10,12H2. The first-order valence-electron chi connectivity index (χ1n) is 7.25. The molecule has 22 heavy (non-hydrogen) atoms. The van der Waals surface area contributed by atoms with Crippen molar-refractivity contribution in [2.45, 2.75) is 18.9 Å². The number of likely N-dealkylation sites (tertiary alicyclic amines) is 1. The summed E-state index contributed by atoms with van der Waals surface area (Å²) >= 11 is 0. The maximum atomic E-state index is 12.2. The van der Waals surface area contributed by atoms with Gasteiger partial charge in [-0.2, -0.15) is 0 Å². The number of furan rings is 1. The van der Waals surface area contributed by atoms with Crippen LogP contribution >= 0.6 is 0 Å². The summed E-state index contributed by atoms with van der Waals surface area (Å²) in [6.07, 6.45) is 9.78. The van der Waals surface area contributed by atoms with E-state index < -0.39 is 0 Å². The third-order valence-electron chi connectivity index (χ3n) is 3.44. The van der Waals surface area contributed by atoms with Crippen LogP contribution in [0.4, 0.5) is 0 Å². The van der Waals surface area contributed by atoms with E-state index in [1.165, 1.54) is 6.08 Å². The predicted octanol–water partition coefficient (Wildman–Crippen LogP) is 2.15. The first-order valence-corrected chi connectivity index (χ1v) is 7.25. The number of piperidine rings is 1. The highest BCUT2D eigenvalue weighted by molar-refractivity contribution is 5.91. The molecule has 1 fully saturated rings. The van der Waals surface area contributed by atoms with Crippen LogP contribution in [0.25, 0.3) is 6.08 Å². The molecule has 3 rings (SSSR count). The summed E-state index contributed by atoms with van der Waals surface area (Å²) in [5, 5.41) is 0. The maximum Gasteiger partial charge on any atom is 0.316 e. The van der Waals surface area contributed by atoms with Gasteiger partial charge < -0.3 is 14.1 Å². The summed E-state index contributed by atoms with van der Waals surface area (Å²) in [7, 11) is 0. The lowest BCUT2D eigenvalue weighted by Crippen LogP contribution is -2.43. The molecular formula is C16H17N3O3. The number of amides is 1. The fourth-order valence-corrected chi connectivity index (χ4v) is 2.37. The van der Waals surface area contributed by atoms with E-state index in [1.54, 1.807) is 47.8 Å². The van der Waals surface area contributed by atoms with Gasteiger partial charge in [-0.25, -0.2) is 9.97 Å². The van der Waals surface area contributed by atoms with Crippen LogP contribution in [0.3, 0.4) is 0 Å². The van der Waals surface area contributed by atoms with Crippen LogP contribution in [-0.4, -0.2) is 40.0 Å². The molecule has 1 aliphatic heterocycles. The number of carbonyl (C=O) groups excluding carboxylic acids is 1. The quantitative estimate of drug-likeness (QED) is 0.809. The zero-order valence-corrected chi connectivity index (χ0v) is 12.1. The Morgan fingerprint density at radius 1 is 1.36 bits per heavy atom. The van der Waals surface area contributed by atoms with Crippen molar-refractivity contribution in [2.75, 3.05) is 13.1 Å². The molecule has 0 radical (unpaired) electrons. The molecule has 1 amide bonds. The molecule has 1 saturated heterocycles. The van der Waals surface area contributed by atoms with Crippen molar-refractivity contribution in [1.82, 2.24) is 14.9 Å². The fourth-order valence-electron chi connectivity index (χ4n) is 2.37. The van der Waals surface area contributed by atoms with Gasteiger partial charge in [-0.15, -0.1) is 0 Å². The molecule has 0 bridgehead atoms. The lowest BCUT2D eigenvalue weighted by molar-refractivity contribution is -0.128.